The van der Waals surface area contributed by atoms with E-state index in [1.54, 1.807) is 47.7 Å². The highest BCUT2D eigenvalue weighted by Crippen LogP contribution is 2.50. The molecule has 40 heavy (non-hydrogen) atoms. The molecule has 0 saturated heterocycles. The van der Waals surface area contributed by atoms with Gasteiger partial charge < -0.3 is 34.3 Å². The molecule has 1 aliphatic carbocycles. The van der Waals surface area contributed by atoms with Crippen LogP contribution in [0.25, 0.3) is 11.1 Å². The summed E-state index contributed by atoms with van der Waals surface area (Å²) in [6.45, 7) is 2.01. The molecular weight excluding hydrogens is 512 g/mol. The van der Waals surface area contributed by atoms with E-state index in [1.165, 1.54) is 6.92 Å². The topological polar surface area (TPSA) is 104 Å². The van der Waals surface area contributed by atoms with E-state index in [0.717, 1.165) is 27.8 Å². The molecule has 2 N–H and O–H groups in total. The second kappa shape index (κ2) is 12.6. The number of carbonyl (C=O) groups excluding carboxylic acids is 1. The second-order valence-corrected chi connectivity index (χ2v) is 9.46. The summed E-state index contributed by atoms with van der Waals surface area (Å²) in [6.07, 6.45) is 1.91. The standard InChI is InChI=1S/C31H36N2O7/c1-18(34)33-23-10-8-20-16-28(38-4)30(39-5)31(40-6)29(20)21-9-11-24(25(35)17-22(21)23)32-14-13-19-7-12-26(36-2)27(15-19)37-3/h7,9,11-12,15-17,23H,8,10,13-14H2,1-6H3,(H,32,35)(H,33,34)/t23-/m0/s1. The lowest BCUT2D eigenvalue weighted by atomic mass is 9.95. The van der Waals surface area contributed by atoms with Crippen LogP contribution in [0.1, 0.15) is 36.1 Å². The largest absolute Gasteiger partial charge is 0.493 e. The predicted octanol–water partition coefficient (Wildman–Crippen LogP) is 4.53. The lowest BCUT2D eigenvalue weighted by Gasteiger charge is -2.19. The van der Waals surface area contributed by atoms with E-state index >= 15 is 0 Å². The maximum absolute atomic E-state index is 13.5. The summed E-state index contributed by atoms with van der Waals surface area (Å²) < 4.78 is 27.8. The molecule has 1 aliphatic rings. The summed E-state index contributed by atoms with van der Waals surface area (Å²) in [5.41, 5.74) is 4.62. The molecule has 9 heteroatoms. The van der Waals surface area contributed by atoms with Crippen LogP contribution in [-0.4, -0.2) is 48.0 Å². The quantitative estimate of drug-likeness (QED) is 0.381. The first kappa shape index (κ1) is 28.6. The number of hydrogen-bond acceptors (Lipinski definition) is 8. The molecule has 0 heterocycles. The molecule has 212 valence electrons. The van der Waals surface area contributed by atoms with Crippen LogP contribution in [0.2, 0.25) is 0 Å². The van der Waals surface area contributed by atoms with Crippen molar-refractivity contribution in [3.05, 3.63) is 69.4 Å². The van der Waals surface area contributed by atoms with Crippen molar-refractivity contribution in [3.63, 3.8) is 0 Å². The maximum atomic E-state index is 13.5. The molecule has 4 rings (SSSR count). The Balaban J connectivity index is 1.76. The Kier molecular flexibility index (Phi) is 9.04. The van der Waals surface area contributed by atoms with Crippen LogP contribution in [0, 0.1) is 0 Å². The van der Waals surface area contributed by atoms with Gasteiger partial charge in [-0.05, 0) is 71.8 Å². The fourth-order valence-electron chi connectivity index (χ4n) is 5.23. The Hall–Kier alpha value is -4.40. The number of rotatable bonds is 10. The van der Waals surface area contributed by atoms with Gasteiger partial charge in [-0.1, -0.05) is 12.1 Å². The number of hydrogen-bond donors (Lipinski definition) is 2. The zero-order valence-corrected chi connectivity index (χ0v) is 23.8. The number of ether oxygens (including phenoxy) is 5. The van der Waals surface area contributed by atoms with Crippen LogP contribution in [-0.2, 0) is 17.6 Å². The van der Waals surface area contributed by atoms with Crippen LogP contribution in [0.4, 0.5) is 5.69 Å². The minimum Gasteiger partial charge on any atom is -0.493 e. The molecule has 0 fully saturated rings. The van der Waals surface area contributed by atoms with Crippen molar-refractivity contribution in [2.24, 2.45) is 0 Å². The van der Waals surface area contributed by atoms with Gasteiger partial charge in [0.05, 0.1) is 47.3 Å². The van der Waals surface area contributed by atoms with Gasteiger partial charge in [0, 0.05) is 19.0 Å². The third kappa shape index (κ3) is 5.78. The van der Waals surface area contributed by atoms with E-state index in [0.29, 0.717) is 60.2 Å². The van der Waals surface area contributed by atoms with Crippen molar-refractivity contribution in [1.29, 1.82) is 0 Å². The number of amides is 1. The normalized spacial score (nSPS) is 13.7. The van der Waals surface area contributed by atoms with E-state index in [9.17, 15) is 9.59 Å². The zero-order chi connectivity index (χ0) is 28.8. The van der Waals surface area contributed by atoms with Gasteiger partial charge in [0.15, 0.2) is 23.0 Å². The van der Waals surface area contributed by atoms with Gasteiger partial charge in [0.1, 0.15) is 0 Å². The molecule has 3 aromatic carbocycles. The molecule has 0 saturated carbocycles. The fourth-order valence-corrected chi connectivity index (χ4v) is 5.23. The van der Waals surface area contributed by atoms with Gasteiger partial charge in [-0.2, -0.15) is 0 Å². The summed E-state index contributed by atoms with van der Waals surface area (Å²) in [6, 6.07) is 12.6. The molecule has 0 spiro atoms. The van der Waals surface area contributed by atoms with Crippen molar-refractivity contribution in [1.82, 2.24) is 5.32 Å². The molecule has 1 atom stereocenters. The first-order valence-electron chi connectivity index (χ1n) is 13.1. The van der Waals surface area contributed by atoms with Gasteiger partial charge >= 0.3 is 0 Å². The second-order valence-electron chi connectivity index (χ2n) is 9.46. The van der Waals surface area contributed by atoms with E-state index in [-0.39, 0.29) is 17.4 Å². The average Bonchev–Trinajstić information content (AvgIpc) is 3.20. The van der Waals surface area contributed by atoms with Gasteiger partial charge in [0.2, 0.25) is 17.1 Å². The summed E-state index contributed by atoms with van der Waals surface area (Å²) in [4.78, 5) is 25.6. The first-order chi connectivity index (χ1) is 19.3. The molecule has 0 radical (unpaired) electrons. The molecule has 9 nitrogen and oxygen atoms in total. The van der Waals surface area contributed by atoms with Gasteiger partial charge in [0.25, 0.3) is 0 Å². The Morgan fingerprint density at radius 3 is 2.23 bits per heavy atom. The number of nitrogens with one attached hydrogen (secondary N) is 2. The summed E-state index contributed by atoms with van der Waals surface area (Å²) in [5, 5.41) is 6.32. The van der Waals surface area contributed by atoms with Crippen molar-refractivity contribution >= 4 is 11.6 Å². The van der Waals surface area contributed by atoms with Gasteiger partial charge in [-0.3, -0.25) is 9.59 Å². The van der Waals surface area contributed by atoms with E-state index in [4.69, 9.17) is 23.7 Å². The van der Waals surface area contributed by atoms with Crippen molar-refractivity contribution in [2.45, 2.75) is 32.2 Å². The van der Waals surface area contributed by atoms with E-state index in [2.05, 4.69) is 10.6 Å². The molecular formula is C31H36N2O7. The Labute approximate surface area is 234 Å². The summed E-state index contributed by atoms with van der Waals surface area (Å²) >= 11 is 0. The van der Waals surface area contributed by atoms with Crippen LogP contribution >= 0.6 is 0 Å². The minimum absolute atomic E-state index is 0.170. The monoisotopic (exact) mass is 548 g/mol. The molecule has 0 aliphatic heterocycles. The minimum atomic E-state index is -0.360. The molecule has 0 unspecified atom stereocenters. The third-order valence-corrected chi connectivity index (χ3v) is 7.09. The van der Waals surface area contributed by atoms with E-state index in [1.807, 2.05) is 30.3 Å². The SMILES string of the molecule is COc1ccc(CCNc2ccc3c(cc2=O)[C@@H](NC(C)=O)CCc2cc(OC)c(OC)c(OC)c2-3)cc1OC. The van der Waals surface area contributed by atoms with Crippen LogP contribution < -0.4 is 39.7 Å². The molecule has 0 aromatic heterocycles. The number of aryl methyl sites for hydroxylation is 1. The Morgan fingerprint density at radius 2 is 1.57 bits per heavy atom. The highest BCUT2D eigenvalue weighted by Gasteiger charge is 2.29. The van der Waals surface area contributed by atoms with Crippen LogP contribution in [0.15, 0.2) is 47.3 Å². The third-order valence-electron chi connectivity index (χ3n) is 7.09. The molecule has 0 bridgehead atoms. The number of benzene rings is 2. The first-order valence-corrected chi connectivity index (χ1v) is 13.1. The average molecular weight is 549 g/mol. The lowest BCUT2D eigenvalue weighted by Crippen LogP contribution is -2.26. The summed E-state index contributed by atoms with van der Waals surface area (Å²) in [5.74, 6) is 2.69. The number of methoxy groups -OCH3 is 5. The van der Waals surface area contributed by atoms with Gasteiger partial charge in [-0.25, -0.2) is 0 Å². The highest BCUT2D eigenvalue weighted by molar-refractivity contribution is 5.83. The Bertz CT molecular complexity index is 1450. The van der Waals surface area contributed by atoms with Crippen molar-refractivity contribution < 1.29 is 28.5 Å². The van der Waals surface area contributed by atoms with E-state index < -0.39 is 0 Å². The molecule has 1 amide bonds. The number of fused-ring (bicyclic) bond motifs is 3. The Morgan fingerprint density at radius 1 is 0.850 bits per heavy atom. The zero-order valence-electron chi connectivity index (χ0n) is 23.8. The lowest BCUT2D eigenvalue weighted by molar-refractivity contribution is -0.119. The van der Waals surface area contributed by atoms with Crippen LogP contribution in [0.5, 0.6) is 28.7 Å². The molecule has 3 aromatic rings. The maximum Gasteiger partial charge on any atom is 0.217 e. The summed E-state index contributed by atoms with van der Waals surface area (Å²) in [7, 11) is 7.92. The van der Waals surface area contributed by atoms with Crippen molar-refractivity contribution in [2.75, 3.05) is 47.4 Å². The van der Waals surface area contributed by atoms with Gasteiger partial charge in [-0.15, -0.1) is 0 Å². The highest BCUT2D eigenvalue weighted by atomic mass is 16.5. The number of carbonyl (C=O) groups is 1. The predicted molar refractivity (Wildman–Crippen MR) is 154 cm³/mol. The number of anilines is 1. The smallest absolute Gasteiger partial charge is 0.217 e. The van der Waals surface area contributed by atoms with Crippen molar-refractivity contribution in [3.8, 4) is 39.9 Å². The van der Waals surface area contributed by atoms with Crippen LogP contribution in [0.3, 0.4) is 0 Å². The fraction of sp³-hybridized carbons (Fsp3) is 0.355.